The smallest absolute Gasteiger partial charge is 0.337 e. The molecule has 4 aromatic carbocycles. The summed E-state index contributed by atoms with van der Waals surface area (Å²) in [6.07, 6.45) is 0. The van der Waals surface area contributed by atoms with Crippen LogP contribution < -0.4 is 18.9 Å². The van der Waals surface area contributed by atoms with Gasteiger partial charge in [-0.2, -0.15) is 0 Å². The number of hydrogen-bond acceptors (Lipinski definition) is 6. The minimum atomic E-state index is -0.387. The molecule has 0 aromatic heterocycles. The fourth-order valence-electron chi connectivity index (χ4n) is 3.49. The van der Waals surface area contributed by atoms with Gasteiger partial charge in [0.1, 0.15) is 24.7 Å². The summed E-state index contributed by atoms with van der Waals surface area (Å²) in [4.78, 5) is 12.0. The van der Waals surface area contributed by atoms with Crippen LogP contribution in [0, 0.1) is 0 Å². The lowest BCUT2D eigenvalue weighted by Gasteiger charge is -2.15. The SMILES string of the molecule is COC(=O)c1ccc2cc(OCc3ccc(OC)cc3)c(OCc3ccc(OC)cc3)cc2c1. The zero-order valence-electron chi connectivity index (χ0n) is 19.4. The quantitative estimate of drug-likeness (QED) is 0.295. The minimum Gasteiger partial charge on any atom is -0.497 e. The van der Waals surface area contributed by atoms with E-state index in [1.807, 2.05) is 66.7 Å². The average molecular weight is 459 g/mol. The topological polar surface area (TPSA) is 63.2 Å². The fraction of sp³-hybridized carbons (Fsp3) is 0.179. The molecule has 0 radical (unpaired) electrons. The first-order valence-electron chi connectivity index (χ1n) is 10.8. The van der Waals surface area contributed by atoms with E-state index >= 15 is 0 Å². The number of rotatable bonds is 9. The summed E-state index contributed by atoms with van der Waals surface area (Å²) in [6, 6.07) is 24.6. The van der Waals surface area contributed by atoms with Crippen LogP contribution >= 0.6 is 0 Å². The third-order valence-electron chi connectivity index (χ3n) is 5.43. The van der Waals surface area contributed by atoms with E-state index < -0.39 is 0 Å². The molecule has 0 N–H and O–H groups in total. The summed E-state index contributed by atoms with van der Waals surface area (Å²) in [5.74, 6) is 2.39. The van der Waals surface area contributed by atoms with Crippen LogP contribution in [0.4, 0.5) is 0 Å². The zero-order chi connectivity index (χ0) is 23.9. The van der Waals surface area contributed by atoms with Gasteiger partial charge in [0, 0.05) is 0 Å². The van der Waals surface area contributed by atoms with Gasteiger partial charge in [-0.15, -0.1) is 0 Å². The van der Waals surface area contributed by atoms with Crippen molar-refractivity contribution in [2.24, 2.45) is 0 Å². The Morgan fingerprint density at radius 2 is 1.12 bits per heavy atom. The molecule has 6 heteroatoms. The highest BCUT2D eigenvalue weighted by molar-refractivity contribution is 5.96. The molecule has 0 aliphatic heterocycles. The van der Waals surface area contributed by atoms with Crippen molar-refractivity contribution in [1.29, 1.82) is 0 Å². The molecule has 0 spiro atoms. The van der Waals surface area contributed by atoms with Crippen molar-refractivity contribution in [3.05, 3.63) is 95.6 Å². The molecule has 0 aliphatic rings. The Labute approximate surface area is 198 Å². The van der Waals surface area contributed by atoms with Crippen LogP contribution in [0.2, 0.25) is 0 Å². The van der Waals surface area contributed by atoms with E-state index in [1.54, 1.807) is 26.4 Å². The Bertz CT molecular complexity index is 1260. The Hall–Kier alpha value is -4.19. The summed E-state index contributed by atoms with van der Waals surface area (Å²) in [5.41, 5.74) is 2.47. The highest BCUT2D eigenvalue weighted by Gasteiger charge is 2.12. The maximum absolute atomic E-state index is 12.0. The maximum Gasteiger partial charge on any atom is 0.337 e. The fourth-order valence-corrected chi connectivity index (χ4v) is 3.49. The molecule has 0 saturated carbocycles. The molecule has 0 amide bonds. The highest BCUT2D eigenvalue weighted by Crippen LogP contribution is 2.34. The Morgan fingerprint density at radius 3 is 1.59 bits per heavy atom. The molecular weight excluding hydrogens is 432 g/mol. The van der Waals surface area contributed by atoms with Crippen molar-refractivity contribution in [2.45, 2.75) is 13.2 Å². The van der Waals surface area contributed by atoms with E-state index in [4.69, 9.17) is 23.7 Å². The van der Waals surface area contributed by atoms with E-state index in [0.717, 1.165) is 33.4 Å². The molecule has 174 valence electrons. The lowest BCUT2D eigenvalue weighted by Crippen LogP contribution is -2.02. The third-order valence-corrected chi connectivity index (χ3v) is 5.43. The summed E-state index contributed by atoms with van der Waals surface area (Å²) in [6.45, 7) is 0.722. The normalized spacial score (nSPS) is 10.6. The van der Waals surface area contributed by atoms with Crippen LogP contribution in [0.15, 0.2) is 78.9 Å². The minimum absolute atomic E-state index is 0.352. The number of hydrogen-bond donors (Lipinski definition) is 0. The molecule has 0 unspecified atom stereocenters. The molecule has 4 rings (SSSR count). The number of esters is 1. The first-order valence-corrected chi connectivity index (χ1v) is 10.8. The van der Waals surface area contributed by atoms with Gasteiger partial charge >= 0.3 is 5.97 Å². The monoisotopic (exact) mass is 458 g/mol. The summed E-state index contributed by atoms with van der Waals surface area (Å²) >= 11 is 0. The number of methoxy groups -OCH3 is 3. The van der Waals surface area contributed by atoms with Crippen LogP contribution in [0.5, 0.6) is 23.0 Å². The van der Waals surface area contributed by atoms with Gasteiger partial charge in [0.05, 0.1) is 26.9 Å². The molecule has 0 heterocycles. The van der Waals surface area contributed by atoms with E-state index in [-0.39, 0.29) is 5.97 Å². The Kier molecular flexibility index (Phi) is 7.18. The molecule has 0 saturated heterocycles. The lowest BCUT2D eigenvalue weighted by atomic mass is 10.1. The second kappa shape index (κ2) is 10.6. The molecule has 0 atom stereocenters. The summed E-state index contributed by atoms with van der Waals surface area (Å²) in [5, 5.41) is 1.78. The van der Waals surface area contributed by atoms with E-state index in [0.29, 0.717) is 30.3 Å². The Morgan fingerprint density at radius 1 is 0.618 bits per heavy atom. The molecule has 4 aromatic rings. The molecule has 0 fully saturated rings. The van der Waals surface area contributed by atoms with Crippen molar-refractivity contribution in [3.63, 3.8) is 0 Å². The molecule has 34 heavy (non-hydrogen) atoms. The van der Waals surface area contributed by atoms with Gasteiger partial charge in [-0.05, 0) is 70.4 Å². The predicted octanol–water partition coefficient (Wildman–Crippen LogP) is 5.80. The maximum atomic E-state index is 12.0. The number of carbonyl (C=O) groups excluding carboxylic acids is 1. The Balaban J connectivity index is 1.61. The van der Waals surface area contributed by atoms with E-state index in [2.05, 4.69) is 0 Å². The molecule has 0 bridgehead atoms. The zero-order valence-corrected chi connectivity index (χ0v) is 19.4. The highest BCUT2D eigenvalue weighted by atomic mass is 16.5. The number of ether oxygens (including phenoxy) is 5. The van der Waals surface area contributed by atoms with Crippen molar-refractivity contribution >= 4 is 16.7 Å². The first kappa shape index (κ1) is 23.0. The summed E-state index contributed by atoms with van der Waals surface area (Å²) in [7, 11) is 4.64. The van der Waals surface area contributed by atoms with Crippen molar-refractivity contribution < 1.29 is 28.5 Å². The van der Waals surface area contributed by atoms with Crippen molar-refractivity contribution in [2.75, 3.05) is 21.3 Å². The second-order valence-electron chi connectivity index (χ2n) is 7.63. The third kappa shape index (κ3) is 5.41. The first-order chi connectivity index (χ1) is 16.6. The molecular formula is C28H26O6. The largest absolute Gasteiger partial charge is 0.497 e. The molecule has 6 nitrogen and oxygen atoms in total. The number of fused-ring (bicyclic) bond motifs is 1. The second-order valence-corrected chi connectivity index (χ2v) is 7.63. The van der Waals surface area contributed by atoms with Crippen LogP contribution in [0.25, 0.3) is 10.8 Å². The standard InChI is InChI=1S/C28H26O6/c1-30-24-10-4-19(5-11-24)17-33-26-15-21-8-9-22(28(29)32-3)14-23(21)16-27(26)34-18-20-6-12-25(31-2)13-7-20/h4-16H,17-18H2,1-3H3. The number of carbonyl (C=O) groups is 1. The van der Waals surface area contributed by atoms with Crippen LogP contribution in [0.1, 0.15) is 21.5 Å². The lowest BCUT2D eigenvalue weighted by molar-refractivity contribution is 0.0601. The van der Waals surface area contributed by atoms with Gasteiger partial charge in [0.2, 0.25) is 0 Å². The van der Waals surface area contributed by atoms with Crippen LogP contribution in [-0.2, 0) is 18.0 Å². The van der Waals surface area contributed by atoms with Crippen molar-refractivity contribution in [3.8, 4) is 23.0 Å². The van der Waals surface area contributed by atoms with Gasteiger partial charge in [0.25, 0.3) is 0 Å². The van der Waals surface area contributed by atoms with E-state index in [9.17, 15) is 4.79 Å². The predicted molar refractivity (Wildman–Crippen MR) is 130 cm³/mol. The van der Waals surface area contributed by atoms with Gasteiger partial charge in [-0.25, -0.2) is 4.79 Å². The van der Waals surface area contributed by atoms with Gasteiger partial charge in [-0.3, -0.25) is 0 Å². The average Bonchev–Trinajstić information content (AvgIpc) is 2.90. The van der Waals surface area contributed by atoms with Gasteiger partial charge in [-0.1, -0.05) is 30.3 Å². The summed E-state index contributed by atoms with van der Waals surface area (Å²) < 4.78 is 27.6. The van der Waals surface area contributed by atoms with E-state index in [1.165, 1.54) is 7.11 Å². The number of benzene rings is 4. The van der Waals surface area contributed by atoms with Crippen LogP contribution in [-0.4, -0.2) is 27.3 Å². The molecule has 0 aliphatic carbocycles. The van der Waals surface area contributed by atoms with Crippen LogP contribution in [0.3, 0.4) is 0 Å². The van der Waals surface area contributed by atoms with Gasteiger partial charge < -0.3 is 23.7 Å². The van der Waals surface area contributed by atoms with Crippen molar-refractivity contribution in [1.82, 2.24) is 0 Å². The van der Waals surface area contributed by atoms with Gasteiger partial charge in [0.15, 0.2) is 11.5 Å².